The normalized spacial score (nSPS) is 18.6. The SMILES string of the molecule is Cc1cc(=O)cc2oc3c(nc1-2)C(C)CC(O)=C3. The molecule has 1 N–H and O–H groups in total. The minimum atomic E-state index is -0.0949. The van der Waals surface area contributed by atoms with Gasteiger partial charge in [0.1, 0.15) is 5.69 Å². The van der Waals surface area contributed by atoms with Gasteiger partial charge in [0.05, 0.1) is 11.5 Å². The van der Waals surface area contributed by atoms with Gasteiger partial charge in [0.25, 0.3) is 0 Å². The third kappa shape index (κ3) is 1.61. The molecule has 2 aliphatic carbocycles. The Morgan fingerprint density at radius 3 is 3.00 bits per heavy atom. The molecule has 0 aromatic rings. The monoisotopic (exact) mass is 243 g/mol. The zero-order valence-corrected chi connectivity index (χ0v) is 10.2. The van der Waals surface area contributed by atoms with E-state index >= 15 is 0 Å². The minimum Gasteiger partial charge on any atom is -0.512 e. The van der Waals surface area contributed by atoms with Crippen molar-refractivity contribution in [3.8, 4) is 11.5 Å². The Labute approximate surface area is 104 Å². The molecule has 0 amide bonds. The van der Waals surface area contributed by atoms with Gasteiger partial charge in [-0.05, 0) is 18.6 Å². The molecule has 1 unspecified atom stereocenters. The summed E-state index contributed by atoms with van der Waals surface area (Å²) in [5.41, 5.74) is 2.27. The summed E-state index contributed by atoms with van der Waals surface area (Å²) in [4.78, 5) is 16.0. The van der Waals surface area contributed by atoms with Crippen LogP contribution in [0.15, 0.2) is 27.1 Å². The van der Waals surface area contributed by atoms with Crippen LogP contribution in [-0.4, -0.2) is 10.1 Å². The number of hydrogen-bond donors (Lipinski definition) is 1. The highest BCUT2D eigenvalue weighted by molar-refractivity contribution is 5.62. The van der Waals surface area contributed by atoms with Gasteiger partial charge in [-0.25, -0.2) is 4.98 Å². The van der Waals surface area contributed by atoms with E-state index in [4.69, 9.17) is 4.42 Å². The molecule has 4 heteroatoms. The molecule has 1 heterocycles. The number of aliphatic hydroxyl groups is 1. The fraction of sp³-hybridized carbons (Fsp3) is 0.286. The first-order chi connectivity index (χ1) is 8.54. The molecule has 0 aromatic carbocycles. The van der Waals surface area contributed by atoms with Crippen LogP contribution in [0.25, 0.3) is 17.5 Å². The highest BCUT2D eigenvalue weighted by Crippen LogP contribution is 2.35. The second kappa shape index (κ2) is 3.70. The fourth-order valence-electron chi connectivity index (χ4n) is 2.36. The molecule has 0 spiro atoms. The molecule has 0 saturated heterocycles. The van der Waals surface area contributed by atoms with Gasteiger partial charge in [0.2, 0.25) is 0 Å². The molecule has 4 nitrogen and oxygen atoms in total. The summed E-state index contributed by atoms with van der Waals surface area (Å²) < 4.78 is 5.69. The molecule has 3 rings (SSSR count). The van der Waals surface area contributed by atoms with Gasteiger partial charge in [-0.2, -0.15) is 0 Å². The van der Waals surface area contributed by atoms with Crippen LogP contribution in [0.5, 0.6) is 0 Å². The lowest BCUT2D eigenvalue weighted by molar-refractivity contribution is 0.370. The summed E-state index contributed by atoms with van der Waals surface area (Å²) in [7, 11) is 0. The molecule has 0 fully saturated rings. The summed E-state index contributed by atoms with van der Waals surface area (Å²) in [6, 6.07) is 2.98. The first-order valence-corrected chi connectivity index (χ1v) is 5.89. The predicted octanol–water partition coefficient (Wildman–Crippen LogP) is 2.85. The van der Waals surface area contributed by atoms with Crippen LogP contribution in [0.4, 0.5) is 0 Å². The molecule has 0 aromatic heterocycles. The number of nitrogens with zero attached hydrogens (tertiary/aromatic N) is 1. The summed E-state index contributed by atoms with van der Waals surface area (Å²) >= 11 is 0. The Morgan fingerprint density at radius 2 is 2.22 bits per heavy atom. The average Bonchev–Trinajstić information content (AvgIpc) is 2.26. The molecule has 1 aliphatic heterocycles. The summed E-state index contributed by atoms with van der Waals surface area (Å²) in [5, 5.41) is 9.62. The van der Waals surface area contributed by atoms with E-state index in [2.05, 4.69) is 4.98 Å². The number of hydrogen-bond acceptors (Lipinski definition) is 4. The molecular weight excluding hydrogens is 230 g/mol. The first-order valence-electron chi connectivity index (χ1n) is 5.89. The van der Waals surface area contributed by atoms with Crippen LogP contribution in [0.3, 0.4) is 0 Å². The molecule has 92 valence electrons. The van der Waals surface area contributed by atoms with E-state index in [0.29, 0.717) is 17.9 Å². The van der Waals surface area contributed by atoms with Crippen LogP contribution in [0, 0.1) is 6.92 Å². The number of aromatic nitrogens is 1. The second-order valence-electron chi connectivity index (χ2n) is 4.79. The molecule has 3 aliphatic rings. The van der Waals surface area contributed by atoms with Gasteiger partial charge in [-0.3, -0.25) is 4.79 Å². The van der Waals surface area contributed by atoms with Crippen LogP contribution in [0.2, 0.25) is 0 Å². The number of rotatable bonds is 0. The van der Waals surface area contributed by atoms with Crippen molar-refractivity contribution in [1.82, 2.24) is 4.98 Å². The van der Waals surface area contributed by atoms with Crippen molar-refractivity contribution in [3.63, 3.8) is 0 Å². The topological polar surface area (TPSA) is 63.3 Å². The smallest absolute Gasteiger partial charge is 0.182 e. The second-order valence-corrected chi connectivity index (χ2v) is 4.79. The lowest BCUT2D eigenvalue weighted by Crippen LogP contribution is -2.11. The Morgan fingerprint density at radius 1 is 1.44 bits per heavy atom. The quantitative estimate of drug-likeness (QED) is 0.772. The van der Waals surface area contributed by atoms with Gasteiger partial charge in [0.15, 0.2) is 16.9 Å². The Balaban J connectivity index is 2.36. The molecule has 1 atom stereocenters. The number of benzene rings is 1. The zero-order chi connectivity index (χ0) is 12.9. The lowest BCUT2D eigenvalue weighted by Gasteiger charge is -2.20. The molecule has 0 saturated carbocycles. The number of fused-ring (bicyclic) bond motifs is 2. The maximum absolute atomic E-state index is 11.4. The highest BCUT2D eigenvalue weighted by atomic mass is 16.3. The van der Waals surface area contributed by atoms with E-state index in [1.54, 1.807) is 12.1 Å². The van der Waals surface area contributed by atoms with Crippen molar-refractivity contribution < 1.29 is 9.52 Å². The van der Waals surface area contributed by atoms with Gasteiger partial charge in [-0.15, -0.1) is 0 Å². The van der Waals surface area contributed by atoms with Crippen molar-refractivity contribution >= 4 is 6.08 Å². The van der Waals surface area contributed by atoms with Crippen molar-refractivity contribution in [1.29, 1.82) is 0 Å². The molecule has 18 heavy (non-hydrogen) atoms. The van der Waals surface area contributed by atoms with E-state index in [9.17, 15) is 9.90 Å². The fourth-order valence-corrected chi connectivity index (χ4v) is 2.36. The van der Waals surface area contributed by atoms with E-state index in [1.807, 2.05) is 13.8 Å². The van der Waals surface area contributed by atoms with Gasteiger partial charge in [-0.1, -0.05) is 6.92 Å². The largest absolute Gasteiger partial charge is 0.512 e. The van der Waals surface area contributed by atoms with Crippen molar-refractivity contribution in [2.75, 3.05) is 0 Å². The van der Waals surface area contributed by atoms with Crippen LogP contribution in [-0.2, 0) is 0 Å². The van der Waals surface area contributed by atoms with Crippen molar-refractivity contribution in [3.05, 3.63) is 45.1 Å². The first kappa shape index (κ1) is 11.0. The van der Waals surface area contributed by atoms with E-state index < -0.39 is 0 Å². The van der Waals surface area contributed by atoms with Crippen molar-refractivity contribution in [2.45, 2.75) is 26.2 Å². The Bertz CT molecular complexity index is 684. The third-order valence-electron chi connectivity index (χ3n) is 3.22. The summed E-state index contributed by atoms with van der Waals surface area (Å²) in [6.45, 7) is 3.84. The van der Waals surface area contributed by atoms with Crippen molar-refractivity contribution in [2.24, 2.45) is 0 Å². The molecule has 0 radical (unpaired) electrons. The lowest BCUT2D eigenvalue weighted by atomic mass is 9.95. The van der Waals surface area contributed by atoms with Crippen LogP contribution in [0.1, 0.15) is 36.3 Å². The molecular formula is C14H13NO3. The third-order valence-corrected chi connectivity index (χ3v) is 3.22. The summed E-state index contributed by atoms with van der Waals surface area (Å²) in [5.74, 6) is 1.42. The van der Waals surface area contributed by atoms with Gasteiger partial charge < -0.3 is 9.52 Å². The van der Waals surface area contributed by atoms with Gasteiger partial charge >= 0.3 is 0 Å². The van der Waals surface area contributed by atoms with Gasteiger partial charge in [0, 0.05) is 24.5 Å². The predicted molar refractivity (Wildman–Crippen MR) is 67.8 cm³/mol. The van der Waals surface area contributed by atoms with E-state index in [0.717, 1.165) is 17.0 Å². The number of aliphatic hydroxyl groups excluding tert-OH is 1. The highest BCUT2D eigenvalue weighted by Gasteiger charge is 2.24. The van der Waals surface area contributed by atoms with E-state index in [1.165, 1.54) is 6.07 Å². The molecule has 0 bridgehead atoms. The number of aryl methyl sites for hydroxylation is 1. The maximum atomic E-state index is 11.4. The van der Waals surface area contributed by atoms with E-state index in [-0.39, 0.29) is 17.1 Å². The Kier molecular flexibility index (Phi) is 2.26. The summed E-state index contributed by atoms with van der Waals surface area (Å²) in [6.07, 6.45) is 2.15. The maximum Gasteiger partial charge on any atom is 0.182 e. The average molecular weight is 243 g/mol. The standard InChI is InChI=1S/C14H13NO3/c1-7-3-9(16)5-11-13(7)15-14-8(2)4-10(17)6-12(14)18-11/h3,5-6,8,17H,4H2,1-2H3. The number of allylic oxidation sites excluding steroid dienone is 1. The minimum absolute atomic E-state index is 0.0949. The zero-order valence-electron chi connectivity index (χ0n) is 10.2. The van der Waals surface area contributed by atoms with Crippen LogP contribution >= 0.6 is 0 Å². The Hall–Kier alpha value is -2.10. The van der Waals surface area contributed by atoms with Crippen LogP contribution < -0.4 is 5.43 Å².